The maximum Gasteiger partial charge on any atom is 0.244 e. The molecular weight excluding hydrogens is 568 g/mol. The summed E-state index contributed by atoms with van der Waals surface area (Å²) in [6, 6.07) is 19.1. The molecule has 0 saturated carbocycles. The number of aldehydes is 1. The zero-order chi connectivity index (χ0) is 31.8. The van der Waals surface area contributed by atoms with Crippen LogP contribution in [-0.4, -0.2) is 72.0 Å². The number of amides is 3. The quantitative estimate of drug-likeness (QED) is 0.269. The van der Waals surface area contributed by atoms with Crippen molar-refractivity contribution in [2.75, 3.05) is 43.9 Å². The van der Waals surface area contributed by atoms with Crippen LogP contribution in [0, 0.1) is 11.3 Å². The molecule has 0 bridgehead atoms. The standard InChI is InChI=1S/C35H42N6O4/c1-35(12-15-40(16-13-35)17-18-42)34(45)41(23-27-8-4-3-7-26(27)22-36-2)24-32(43)38-30-11-10-25-19-29(20-28(25)21-30)33(44)39-31-9-5-6-14-37-31/h3-11,14,18,21,29,36H,12-13,15-17,19-20,22-24H2,1-2H3,(H,38,43)(H,37,39,44)/t29-/m1/s1. The number of anilines is 2. The van der Waals surface area contributed by atoms with Crippen LogP contribution in [0.4, 0.5) is 11.5 Å². The lowest BCUT2D eigenvalue weighted by Crippen LogP contribution is -2.50. The second-order valence-corrected chi connectivity index (χ2v) is 12.3. The third-order valence-electron chi connectivity index (χ3n) is 8.99. The number of hydrogen-bond acceptors (Lipinski definition) is 7. The number of nitrogens with zero attached hydrogens (tertiary/aromatic N) is 3. The molecule has 1 fully saturated rings. The summed E-state index contributed by atoms with van der Waals surface area (Å²) in [5.74, 6) is -0.0946. The Hall–Kier alpha value is -4.41. The minimum Gasteiger partial charge on any atom is -0.329 e. The van der Waals surface area contributed by atoms with Crippen molar-refractivity contribution in [2.24, 2.45) is 11.3 Å². The topological polar surface area (TPSA) is 124 Å². The molecule has 3 N–H and O–H groups in total. The number of carbonyl (C=O) groups is 4. The third-order valence-corrected chi connectivity index (χ3v) is 8.99. The Labute approximate surface area is 264 Å². The van der Waals surface area contributed by atoms with Crippen molar-refractivity contribution in [1.82, 2.24) is 20.1 Å². The van der Waals surface area contributed by atoms with Crippen molar-refractivity contribution in [2.45, 2.75) is 45.7 Å². The van der Waals surface area contributed by atoms with E-state index in [1.54, 1.807) is 23.2 Å². The van der Waals surface area contributed by atoms with Gasteiger partial charge in [0.25, 0.3) is 0 Å². The molecule has 2 heterocycles. The minimum absolute atomic E-state index is 0.0571. The van der Waals surface area contributed by atoms with Gasteiger partial charge in [-0.25, -0.2) is 4.98 Å². The number of fused-ring (bicyclic) bond motifs is 1. The molecule has 2 aliphatic rings. The summed E-state index contributed by atoms with van der Waals surface area (Å²) in [6.45, 7) is 4.53. The lowest BCUT2D eigenvalue weighted by molar-refractivity contribution is -0.146. The first kappa shape index (κ1) is 32.0. The number of rotatable bonds is 12. The van der Waals surface area contributed by atoms with Crippen LogP contribution in [0.5, 0.6) is 0 Å². The number of nitrogens with one attached hydrogen (secondary N) is 3. The van der Waals surface area contributed by atoms with Gasteiger partial charge in [0.1, 0.15) is 18.6 Å². The molecule has 1 aliphatic carbocycles. The van der Waals surface area contributed by atoms with Gasteiger partial charge in [0.05, 0.1) is 6.54 Å². The average Bonchev–Trinajstić information content (AvgIpc) is 3.47. The largest absolute Gasteiger partial charge is 0.329 e. The predicted octanol–water partition coefficient (Wildman–Crippen LogP) is 3.42. The Balaban J connectivity index is 1.27. The van der Waals surface area contributed by atoms with Crippen LogP contribution in [0.1, 0.15) is 42.0 Å². The molecule has 3 aromatic rings. The van der Waals surface area contributed by atoms with Gasteiger partial charge < -0.3 is 25.6 Å². The zero-order valence-corrected chi connectivity index (χ0v) is 26.1. The summed E-state index contributed by atoms with van der Waals surface area (Å²) in [4.78, 5) is 59.4. The van der Waals surface area contributed by atoms with Crippen molar-refractivity contribution in [3.63, 3.8) is 0 Å². The van der Waals surface area contributed by atoms with Crippen molar-refractivity contribution >= 4 is 35.5 Å². The molecule has 0 unspecified atom stereocenters. The van der Waals surface area contributed by atoms with Crippen LogP contribution < -0.4 is 16.0 Å². The molecule has 10 heteroatoms. The first-order chi connectivity index (χ1) is 21.8. The number of hydrogen-bond donors (Lipinski definition) is 3. The van der Waals surface area contributed by atoms with Crippen LogP contribution in [0.25, 0.3) is 0 Å². The fraction of sp³-hybridized carbons (Fsp3) is 0.400. The van der Waals surface area contributed by atoms with E-state index in [2.05, 4.69) is 25.8 Å². The number of piperidine rings is 1. The van der Waals surface area contributed by atoms with E-state index in [-0.39, 0.29) is 30.2 Å². The molecule has 1 saturated heterocycles. The number of likely N-dealkylation sites (tertiary alicyclic amines) is 1. The van der Waals surface area contributed by atoms with E-state index in [1.807, 2.05) is 62.5 Å². The van der Waals surface area contributed by atoms with Crippen molar-refractivity contribution in [1.29, 1.82) is 0 Å². The molecule has 10 nitrogen and oxygen atoms in total. The molecule has 0 spiro atoms. The first-order valence-corrected chi connectivity index (χ1v) is 15.6. The summed E-state index contributed by atoms with van der Waals surface area (Å²) >= 11 is 0. The molecule has 1 atom stereocenters. The second-order valence-electron chi connectivity index (χ2n) is 12.3. The number of aromatic nitrogens is 1. The molecule has 236 valence electrons. The maximum absolute atomic E-state index is 14.1. The predicted molar refractivity (Wildman–Crippen MR) is 173 cm³/mol. The summed E-state index contributed by atoms with van der Waals surface area (Å²) in [5.41, 5.74) is 4.18. The van der Waals surface area contributed by atoms with Crippen molar-refractivity contribution in [3.05, 3.63) is 89.1 Å². The summed E-state index contributed by atoms with van der Waals surface area (Å²) in [6.07, 6.45) is 4.98. The SMILES string of the molecule is CNCc1ccccc1CN(CC(=O)Nc1ccc2c(c1)C[C@H](C(=O)Nc1ccccn1)C2)C(=O)C1(C)CCN(CC=O)CC1. The van der Waals surface area contributed by atoms with E-state index in [0.29, 0.717) is 69.9 Å². The Bertz CT molecular complexity index is 1520. The summed E-state index contributed by atoms with van der Waals surface area (Å²) in [7, 11) is 1.88. The molecule has 5 rings (SSSR count). The lowest BCUT2D eigenvalue weighted by atomic mass is 9.79. The molecular formula is C35H42N6O4. The van der Waals surface area contributed by atoms with Gasteiger partial charge in [-0.05, 0) is 92.3 Å². The highest BCUT2D eigenvalue weighted by Gasteiger charge is 2.40. The first-order valence-electron chi connectivity index (χ1n) is 15.6. The molecule has 0 radical (unpaired) electrons. The van der Waals surface area contributed by atoms with Crippen LogP contribution in [-0.2, 0) is 45.1 Å². The van der Waals surface area contributed by atoms with E-state index < -0.39 is 5.41 Å². The Kier molecular flexibility index (Phi) is 10.4. The zero-order valence-electron chi connectivity index (χ0n) is 26.1. The van der Waals surface area contributed by atoms with Gasteiger partial charge in [-0.15, -0.1) is 0 Å². The minimum atomic E-state index is -0.629. The number of pyridine rings is 1. The van der Waals surface area contributed by atoms with Crippen LogP contribution >= 0.6 is 0 Å². The van der Waals surface area contributed by atoms with Gasteiger partial charge in [0.15, 0.2) is 0 Å². The lowest BCUT2D eigenvalue weighted by Gasteiger charge is -2.40. The number of benzene rings is 2. The highest BCUT2D eigenvalue weighted by Crippen LogP contribution is 2.34. The Morgan fingerprint density at radius 1 is 0.978 bits per heavy atom. The van der Waals surface area contributed by atoms with Gasteiger partial charge in [-0.1, -0.05) is 43.3 Å². The average molecular weight is 611 g/mol. The Morgan fingerprint density at radius 2 is 1.71 bits per heavy atom. The van der Waals surface area contributed by atoms with E-state index in [0.717, 1.165) is 28.5 Å². The Morgan fingerprint density at radius 3 is 2.42 bits per heavy atom. The normalized spacial score (nSPS) is 17.2. The van der Waals surface area contributed by atoms with E-state index in [4.69, 9.17) is 0 Å². The number of carbonyl (C=O) groups excluding carboxylic acids is 4. The van der Waals surface area contributed by atoms with E-state index >= 15 is 0 Å². The van der Waals surface area contributed by atoms with Gasteiger partial charge in [0.2, 0.25) is 17.7 Å². The second kappa shape index (κ2) is 14.6. The fourth-order valence-electron chi connectivity index (χ4n) is 6.33. The summed E-state index contributed by atoms with van der Waals surface area (Å²) in [5, 5.41) is 9.08. The van der Waals surface area contributed by atoms with E-state index in [1.165, 1.54) is 0 Å². The smallest absolute Gasteiger partial charge is 0.244 e. The maximum atomic E-state index is 14.1. The molecule has 1 aromatic heterocycles. The van der Waals surface area contributed by atoms with Crippen molar-refractivity contribution < 1.29 is 19.2 Å². The van der Waals surface area contributed by atoms with Gasteiger partial charge in [-0.2, -0.15) is 0 Å². The van der Waals surface area contributed by atoms with Crippen LogP contribution in [0.15, 0.2) is 66.9 Å². The van der Waals surface area contributed by atoms with Crippen LogP contribution in [0.2, 0.25) is 0 Å². The van der Waals surface area contributed by atoms with E-state index in [9.17, 15) is 19.2 Å². The monoisotopic (exact) mass is 610 g/mol. The molecule has 45 heavy (non-hydrogen) atoms. The highest BCUT2D eigenvalue weighted by molar-refractivity contribution is 5.96. The van der Waals surface area contributed by atoms with Crippen LogP contribution in [0.3, 0.4) is 0 Å². The molecule has 3 amide bonds. The third kappa shape index (κ3) is 8.01. The van der Waals surface area contributed by atoms with Gasteiger partial charge in [-0.3, -0.25) is 19.3 Å². The molecule has 2 aromatic carbocycles. The fourth-order valence-corrected chi connectivity index (χ4v) is 6.33. The van der Waals surface area contributed by atoms with Gasteiger partial charge >= 0.3 is 0 Å². The summed E-state index contributed by atoms with van der Waals surface area (Å²) < 4.78 is 0. The highest BCUT2D eigenvalue weighted by atomic mass is 16.2. The van der Waals surface area contributed by atoms with Crippen molar-refractivity contribution in [3.8, 4) is 0 Å². The van der Waals surface area contributed by atoms with Gasteiger partial charge in [0, 0.05) is 36.3 Å². The molecule has 1 aliphatic heterocycles.